The van der Waals surface area contributed by atoms with E-state index in [2.05, 4.69) is 27.7 Å². The SMILES string of the molecule is CNC(=O)CN1CCC(NC(=O)c2ccc3c(c2)CCC3)CC1. The molecular formula is C18H25N3O2. The van der Waals surface area contributed by atoms with Crippen molar-refractivity contribution < 1.29 is 9.59 Å². The number of likely N-dealkylation sites (N-methyl/N-ethyl adjacent to an activating group) is 1. The Morgan fingerprint density at radius 2 is 1.91 bits per heavy atom. The predicted octanol–water partition coefficient (Wildman–Crippen LogP) is 1.12. The van der Waals surface area contributed by atoms with E-state index in [1.807, 2.05) is 6.07 Å². The predicted molar refractivity (Wildman–Crippen MR) is 89.5 cm³/mol. The van der Waals surface area contributed by atoms with Crippen LogP contribution in [0.5, 0.6) is 0 Å². The van der Waals surface area contributed by atoms with Gasteiger partial charge in [-0.3, -0.25) is 14.5 Å². The quantitative estimate of drug-likeness (QED) is 0.875. The lowest BCUT2D eigenvalue weighted by Gasteiger charge is -2.31. The summed E-state index contributed by atoms with van der Waals surface area (Å²) >= 11 is 0. The molecule has 2 aliphatic rings. The fourth-order valence-corrected chi connectivity index (χ4v) is 3.50. The van der Waals surface area contributed by atoms with Crippen LogP contribution in [0.4, 0.5) is 0 Å². The summed E-state index contributed by atoms with van der Waals surface area (Å²) in [5, 5.41) is 5.80. The van der Waals surface area contributed by atoms with Gasteiger partial charge in [-0.1, -0.05) is 6.07 Å². The maximum atomic E-state index is 12.4. The lowest BCUT2D eigenvalue weighted by atomic mass is 10.0. The molecule has 0 atom stereocenters. The van der Waals surface area contributed by atoms with Crippen LogP contribution >= 0.6 is 0 Å². The van der Waals surface area contributed by atoms with Crippen LogP contribution in [0.15, 0.2) is 18.2 Å². The van der Waals surface area contributed by atoms with E-state index in [-0.39, 0.29) is 17.9 Å². The Balaban J connectivity index is 1.50. The highest BCUT2D eigenvalue weighted by Crippen LogP contribution is 2.23. The van der Waals surface area contributed by atoms with Crippen molar-refractivity contribution >= 4 is 11.8 Å². The van der Waals surface area contributed by atoms with Gasteiger partial charge in [0.15, 0.2) is 0 Å². The lowest BCUT2D eigenvalue weighted by molar-refractivity contribution is -0.122. The van der Waals surface area contributed by atoms with Gasteiger partial charge in [-0.15, -0.1) is 0 Å². The van der Waals surface area contributed by atoms with Gasteiger partial charge in [0.2, 0.25) is 5.91 Å². The fraction of sp³-hybridized carbons (Fsp3) is 0.556. The summed E-state index contributed by atoms with van der Waals surface area (Å²) in [6, 6.07) is 6.30. The van der Waals surface area contributed by atoms with Crippen molar-refractivity contribution in [2.45, 2.75) is 38.1 Å². The molecule has 0 spiro atoms. The molecule has 3 rings (SSSR count). The van der Waals surface area contributed by atoms with Gasteiger partial charge >= 0.3 is 0 Å². The molecule has 1 aliphatic carbocycles. The first-order chi connectivity index (χ1) is 11.2. The monoisotopic (exact) mass is 315 g/mol. The van der Waals surface area contributed by atoms with E-state index in [9.17, 15) is 9.59 Å². The smallest absolute Gasteiger partial charge is 0.251 e. The Morgan fingerprint density at radius 3 is 2.65 bits per heavy atom. The molecule has 2 N–H and O–H groups in total. The van der Waals surface area contributed by atoms with Gasteiger partial charge in [0, 0.05) is 31.7 Å². The van der Waals surface area contributed by atoms with Gasteiger partial charge in [-0.25, -0.2) is 0 Å². The maximum absolute atomic E-state index is 12.4. The van der Waals surface area contributed by atoms with E-state index in [1.165, 1.54) is 17.5 Å². The van der Waals surface area contributed by atoms with E-state index in [0.29, 0.717) is 6.54 Å². The number of aryl methyl sites for hydroxylation is 2. The summed E-state index contributed by atoms with van der Waals surface area (Å²) in [7, 11) is 1.66. The van der Waals surface area contributed by atoms with E-state index in [0.717, 1.165) is 44.3 Å². The fourth-order valence-electron chi connectivity index (χ4n) is 3.50. The van der Waals surface area contributed by atoms with Crippen molar-refractivity contribution in [3.63, 3.8) is 0 Å². The van der Waals surface area contributed by atoms with E-state index >= 15 is 0 Å². The first kappa shape index (κ1) is 16.0. The zero-order valence-corrected chi connectivity index (χ0v) is 13.7. The van der Waals surface area contributed by atoms with Crippen LogP contribution < -0.4 is 10.6 Å². The van der Waals surface area contributed by atoms with Crippen LogP contribution in [0.2, 0.25) is 0 Å². The van der Waals surface area contributed by atoms with Crippen molar-refractivity contribution in [2.75, 3.05) is 26.7 Å². The average Bonchev–Trinajstić information content (AvgIpc) is 3.04. The molecule has 0 unspecified atom stereocenters. The second-order valence-corrected chi connectivity index (χ2v) is 6.53. The summed E-state index contributed by atoms with van der Waals surface area (Å²) in [5.41, 5.74) is 3.50. The number of hydrogen-bond acceptors (Lipinski definition) is 3. The Hall–Kier alpha value is -1.88. The second-order valence-electron chi connectivity index (χ2n) is 6.53. The standard InChI is InChI=1S/C18H25N3O2/c1-19-17(22)12-21-9-7-16(8-10-21)20-18(23)15-6-5-13-3-2-4-14(13)11-15/h5-6,11,16H,2-4,7-10,12H2,1H3,(H,19,22)(H,20,23). The van der Waals surface area contributed by atoms with Crippen LogP contribution in [-0.2, 0) is 17.6 Å². The number of fused-ring (bicyclic) bond motifs is 1. The number of benzene rings is 1. The minimum Gasteiger partial charge on any atom is -0.358 e. The molecule has 124 valence electrons. The molecule has 23 heavy (non-hydrogen) atoms. The zero-order chi connectivity index (χ0) is 16.2. The molecule has 1 aromatic carbocycles. The van der Waals surface area contributed by atoms with Crippen LogP contribution in [0.1, 0.15) is 40.7 Å². The Morgan fingerprint density at radius 1 is 1.17 bits per heavy atom. The highest BCUT2D eigenvalue weighted by Gasteiger charge is 2.22. The van der Waals surface area contributed by atoms with Gasteiger partial charge in [0.05, 0.1) is 6.54 Å². The number of rotatable bonds is 4. The Bertz CT molecular complexity index is 592. The van der Waals surface area contributed by atoms with Gasteiger partial charge in [0.1, 0.15) is 0 Å². The molecule has 5 nitrogen and oxygen atoms in total. The molecular weight excluding hydrogens is 290 g/mol. The van der Waals surface area contributed by atoms with Crippen LogP contribution in [0, 0.1) is 0 Å². The summed E-state index contributed by atoms with van der Waals surface area (Å²) in [5.74, 6) is 0.0788. The Kier molecular flexibility index (Phi) is 4.96. The molecule has 1 aliphatic heterocycles. The molecule has 0 bridgehead atoms. The third-order valence-electron chi connectivity index (χ3n) is 4.93. The number of carbonyl (C=O) groups is 2. The minimum absolute atomic E-state index is 0.0319. The molecule has 1 fully saturated rings. The highest BCUT2D eigenvalue weighted by molar-refractivity contribution is 5.94. The highest BCUT2D eigenvalue weighted by atomic mass is 16.2. The number of amides is 2. The molecule has 0 radical (unpaired) electrons. The van der Waals surface area contributed by atoms with E-state index in [4.69, 9.17) is 0 Å². The first-order valence-electron chi connectivity index (χ1n) is 8.51. The average molecular weight is 315 g/mol. The number of carbonyl (C=O) groups excluding carboxylic acids is 2. The van der Waals surface area contributed by atoms with Crippen molar-refractivity contribution in [3.8, 4) is 0 Å². The summed E-state index contributed by atoms with van der Waals surface area (Å²) in [4.78, 5) is 26.0. The number of nitrogens with zero attached hydrogens (tertiary/aromatic N) is 1. The number of hydrogen-bond donors (Lipinski definition) is 2. The zero-order valence-electron chi connectivity index (χ0n) is 13.7. The van der Waals surface area contributed by atoms with E-state index < -0.39 is 0 Å². The van der Waals surface area contributed by atoms with Crippen molar-refractivity contribution in [1.82, 2.24) is 15.5 Å². The molecule has 1 heterocycles. The molecule has 1 saturated heterocycles. The number of likely N-dealkylation sites (tertiary alicyclic amines) is 1. The minimum atomic E-state index is 0.0319. The van der Waals surface area contributed by atoms with Crippen molar-refractivity contribution in [2.24, 2.45) is 0 Å². The molecule has 1 aromatic rings. The molecule has 2 amide bonds. The van der Waals surface area contributed by atoms with Crippen LogP contribution in [0.25, 0.3) is 0 Å². The Labute approximate surface area is 137 Å². The molecule has 5 heteroatoms. The maximum Gasteiger partial charge on any atom is 0.251 e. The largest absolute Gasteiger partial charge is 0.358 e. The van der Waals surface area contributed by atoms with Gasteiger partial charge in [0.25, 0.3) is 5.91 Å². The first-order valence-corrected chi connectivity index (χ1v) is 8.51. The van der Waals surface area contributed by atoms with Crippen LogP contribution in [0.3, 0.4) is 0 Å². The third-order valence-corrected chi connectivity index (χ3v) is 4.93. The third kappa shape index (κ3) is 3.91. The lowest BCUT2D eigenvalue weighted by Crippen LogP contribution is -2.47. The normalized spacial score (nSPS) is 18.5. The van der Waals surface area contributed by atoms with Gasteiger partial charge in [-0.2, -0.15) is 0 Å². The van der Waals surface area contributed by atoms with Crippen LogP contribution in [-0.4, -0.2) is 49.4 Å². The van der Waals surface area contributed by atoms with Crippen molar-refractivity contribution in [3.05, 3.63) is 34.9 Å². The van der Waals surface area contributed by atoms with Crippen molar-refractivity contribution in [1.29, 1.82) is 0 Å². The number of nitrogens with one attached hydrogen (secondary N) is 2. The molecule has 0 aromatic heterocycles. The number of piperidine rings is 1. The summed E-state index contributed by atoms with van der Waals surface area (Å²) in [6.07, 6.45) is 5.22. The van der Waals surface area contributed by atoms with Gasteiger partial charge in [-0.05, 0) is 55.4 Å². The van der Waals surface area contributed by atoms with Gasteiger partial charge < -0.3 is 10.6 Å². The second kappa shape index (κ2) is 7.13. The van der Waals surface area contributed by atoms with E-state index in [1.54, 1.807) is 7.05 Å². The molecule has 0 saturated carbocycles. The summed E-state index contributed by atoms with van der Waals surface area (Å²) in [6.45, 7) is 2.15. The summed E-state index contributed by atoms with van der Waals surface area (Å²) < 4.78 is 0. The topological polar surface area (TPSA) is 61.4 Å².